The van der Waals surface area contributed by atoms with E-state index in [1.165, 1.54) is 0 Å². The van der Waals surface area contributed by atoms with Crippen molar-refractivity contribution in [1.82, 2.24) is 0 Å². The standard InChI is InChI=1S/C11H15NO2/c1-2-10(12)8-3-4-11-9(5-8)6-13-7-14-11/h3-5,10H,2,6-7,12H2,1H3. The van der Waals surface area contributed by atoms with E-state index < -0.39 is 0 Å². The van der Waals surface area contributed by atoms with Crippen LogP contribution in [-0.2, 0) is 11.3 Å². The second kappa shape index (κ2) is 3.98. The average Bonchev–Trinajstić information content (AvgIpc) is 2.27. The fraction of sp³-hybridized carbons (Fsp3) is 0.455. The van der Waals surface area contributed by atoms with Crippen LogP contribution in [0, 0.1) is 0 Å². The summed E-state index contributed by atoms with van der Waals surface area (Å²) < 4.78 is 10.5. The molecule has 0 bridgehead atoms. The van der Waals surface area contributed by atoms with E-state index in [0.29, 0.717) is 13.4 Å². The van der Waals surface area contributed by atoms with Crippen LogP contribution in [0.25, 0.3) is 0 Å². The van der Waals surface area contributed by atoms with Crippen molar-refractivity contribution in [3.8, 4) is 5.75 Å². The van der Waals surface area contributed by atoms with Crippen molar-refractivity contribution < 1.29 is 9.47 Å². The predicted molar refractivity (Wildman–Crippen MR) is 53.9 cm³/mol. The molecule has 0 amide bonds. The monoisotopic (exact) mass is 193 g/mol. The molecule has 1 unspecified atom stereocenters. The Labute approximate surface area is 83.8 Å². The molecule has 2 N–H and O–H groups in total. The van der Waals surface area contributed by atoms with Crippen LogP contribution in [0.4, 0.5) is 0 Å². The van der Waals surface area contributed by atoms with Crippen LogP contribution in [0.5, 0.6) is 5.75 Å². The van der Waals surface area contributed by atoms with Crippen LogP contribution in [0.3, 0.4) is 0 Å². The first-order chi connectivity index (χ1) is 6.81. The molecule has 0 fully saturated rings. The maximum atomic E-state index is 5.95. The molecule has 0 saturated carbocycles. The zero-order chi connectivity index (χ0) is 9.97. The van der Waals surface area contributed by atoms with E-state index in [0.717, 1.165) is 23.3 Å². The molecule has 0 radical (unpaired) electrons. The van der Waals surface area contributed by atoms with Gasteiger partial charge in [0, 0.05) is 11.6 Å². The van der Waals surface area contributed by atoms with E-state index in [1.54, 1.807) is 0 Å². The maximum Gasteiger partial charge on any atom is 0.189 e. The van der Waals surface area contributed by atoms with E-state index in [2.05, 4.69) is 13.0 Å². The van der Waals surface area contributed by atoms with Crippen molar-refractivity contribution in [3.05, 3.63) is 29.3 Å². The van der Waals surface area contributed by atoms with Gasteiger partial charge in [0.05, 0.1) is 6.61 Å². The summed E-state index contributed by atoms with van der Waals surface area (Å²) in [5.41, 5.74) is 8.19. The molecule has 1 aliphatic heterocycles. The van der Waals surface area contributed by atoms with Gasteiger partial charge in [0.25, 0.3) is 0 Å². The molecule has 1 heterocycles. The number of hydrogen-bond acceptors (Lipinski definition) is 3. The van der Waals surface area contributed by atoms with Crippen molar-refractivity contribution in [2.45, 2.75) is 26.0 Å². The normalized spacial score (nSPS) is 17.0. The highest BCUT2D eigenvalue weighted by atomic mass is 16.7. The summed E-state index contributed by atoms with van der Waals surface area (Å²) in [6.07, 6.45) is 0.945. The minimum absolute atomic E-state index is 0.113. The first-order valence-electron chi connectivity index (χ1n) is 4.90. The predicted octanol–water partition coefficient (Wildman–Crippen LogP) is 1.96. The van der Waals surface area contributed by atoms with Gasteiger partial charge in [0.2, 0.25) is 0 Å². The molecule has 0 spiro atoms. The molecule has 14 heavy (non-hydrogen) atoms. The van der Waals surface area contributed by atoms with Gasteiger partial charge in [-0.3, -0.25) is 0 Å². The van der Waals surface area contributed by atoms with Crippen molar-refractivity contribution in [1.29, 1.82) is 0 Å². The zero-order valence-electron chi connectivity index (χ0n) is 8.32. The summed E-state index contributed by atoms with van der Waals surface area (Å²) in [5.74, 6) is 0.920. The summed E-state index contributed by atoms with van der Waals surface area (Å²) >= 11 is 0. The van der Waals surface area contributed by atoms with Crippen molar-refractivity contribution in [3.63, 3.8) is 0 Å². The highest BCUT2D eigenvalue weighted by Crippen LogP contribution is 2.26. The lowest BCUT2D eigenvalue weighted by Crippen LogP contribution is -2.14. The molecule has 3 nitrogen and oxygen atoms in total. The summed E-state index contributed by atoms with van der Waals surface area (Å²) in [7, 11) is 0. The van der Waals surface area contributed by atoms with E-state index in [4.69, 9.17) is 15.2 Å². The number of nitrogens with two attached hydrogens (primary N) is 1. The minimum atomic E-state index is 0.113. The molecule has 2 rings (SSSR count). The number of hydrogen-bond donors (Lipinski definition) is 1. The number of ether oxygens (including phenoxy) is 2. The van der Waals surface area contributed by atoms with Gasteiger partial charge >= 0.3 is 0 Å². The fourth-order valence-electron chi connectivity index (χ4n) is 1.58. The quantitative estimate of drug-likeness (QED) is 0.780. The Kier molecular flexibility index (Phi) is 2.70. The Balaban J connectivity index is 2.29. The molecule has 0 aromatic heterocycles. The van der Waals surface area contributed by atoms with Crippen LogP contribution in [0.2, 0.25) is 0 Å². The largest absolute Gasteiger partial charge is 0.467 e. The third-order valence-corrected chi connectivity index (χ3v) is 2.51. The summed E-state index contributed by atoms with van der Waals surface area (Å²) in [5, 5.41) is 0. The van der Waals surface area contributed by atoms with Crippen molar-refractivity contribution >= 4 is 0 Å². The first kappa shape index (κ1) is 9.49. The van der Waals surface area contributed by atoms with Gasteiger partial charge < -0.3 is 15.2 Å². The maximum absolute atomic E-state index is 5.95. The van der Waals surface area contributed by atoms with Crippen molar-refractivity contribution in [2.75, 3.05) is 6.79 Å². The lowest BCUT2D eigenvalue weighted by atomic mass is 10.0. The zero-order valence-corrected chi connectivity index (χ0v) is 8.32. The third kappa shape index (κ3) is 1.74. The lowest BCUT2D eigenvalue weighted by molar-refractivity contribution is -0.0164. The van der Waals surface area contributed by atoms with Gasteiger partial charge in [-0.05, 0) is 24.1 Å². The van der Waals surface area contributed by atoms with Crippen LogP contribution in [0.15, 0.2) is 18.2 Å². The Morgan fingerprint density at radius 2 is 2.36 bits per heavy atom. The summed E-state index contributed by atoms with van der Waals surface area (Å²) in [6.45, 7) is 3.06. The second-order valence-electron chi connectivity index (χ2n) is 3.49. The highest BCUT2D eigenvalue weighted by Gasteiger charge is 2.12. The van der Waals surface area contributed by atoms with Crippen LogP contribution < -0.4 is 10.5 Å². The van der Waals surface area contributed by atoms with Crippen LogP contribution in [0.1, 0.15) is 30.5 Å². The van der Waals surface area contributed by atoms with Crippen LogP contribution in [-0.4, -0.2) is 6.79 Å². The number of benzene rings is 1. The Hall–Kier alpha value is -1.06. The molecule has 1 aromatic rings. The van der Waals surface area contributed by atoms with Gasteiger partial charge in [0.1, 0.15) is 5.75 Å². The smallest absolute Gasteiger partial charge is 0.189 e. The SMILES string of the molecule is CCC(N)c1ccc2c(c1)COCO2. The molecule has 3 heteroatoms. The molecular formula is C11H15NO2. The summed E-state index contributed by atoms with van der Waals surface area (Å²) in [4.78, 5) is 0. The topological polar surface area (TPSA) is 44.5 Å². The summed E-state index contributed by atoms with van der Waals surface area (Å²) in [6, 6.07) is 6.19. The highest BCUT2D eigenvalue weighted by molar-refractivity contribution is 5.38. The average molecular weight is 193 g/mol. The molecule has 0 saturated heterocycles. The molecule has 1 atom stereocenters. The third-order valence-electron chi connectivity index (χ3n) is 2.51. The molecule has 76 valence electrons. The fourth-order valence-corrected chi connectivity index (χ4v) is 1.58. The number of rotatable bonds is 2. The van der Waals surface area contributed by atoms with Gasteiger partial charge in [-0.1, -0.05) is 13.0 Å². The van der Waals surface area contributed by atoms with Gasteiger partial charge in [-0.25, -0.2) is 0 Å². The molecular weight excluding hydrogens is 178 g/mol. The minimum Gasteiger partial charge on any atom is -0.467 e. The van der Waals surface area contributed by atoms with E-state index >= 15 is 0 Å². The Bertz CT molecular complexity index is 325. The molecule has 0 aliphatic carbocycles. The van der Waals surface area contributed by atoms with E-state index in [1.807, 2.05) is 12.1 Å². The second-order valence-corrected chi connectivity index (χ2v) is 3.49. The van der Waals surface area contributed by atoms with Gasteiger partial charge in [-0.2, -0.15) is 0 Å². The molecule has 1 aliphatic rings. The van der Waals surface area contributed by atoms with Gasteiger partial charge in [0.15, 0.2) is 6.79 Å². The Morgan fingerprint density at radius 1 is 1.50 bits per heavy atom. The van der Waals surface area contributed by atoms with E-state index in [-0.39, 0.29) is 6.04 Å². The van der Waals surface area contributed by atoms with Crippen LogP contribution >= 0.6 is 0 Å². The Morgan fingerprint density at radius 3 is 3.14 bits per heavy atom. The lowest BCUT2D eigenvalue weighted by Gasteiger charge is -2.19. The molecule has 1 aromatic carbocycles. The number of fused-ring (bicyclic) bond motifs is 1. The first-order valence-corrected chi connectivity index (χ1v) is 4.90. The van der Waals surface area contributed by atoms with Gasteiger partial charge in [-0.15, -0.1) is 0 Å². The van der Waals surface area contributed by atoms with E-state index in [9.17, 15) is 0 Å². The van der Waals surface area contributed by atoms with Crippen molar-refractivity contribution in [2.24, 2.45) is 5.73 Å².